The zero-order chi connectivity index (χ0) is 15.5. The van der Waals surface area contributed by atoms with E-state index in [1.54, 1.807) is 11.0 Å². The van der Waals surface area contributed by atoms with Crippen molar-refractivity contribution in [1.29, 1.82) is 0 Å². The number of carbonyl (C=O) groups excluding carboxylic acids is 1. The van der Waals surface area contributed by atoms with Crippen LogP contribution < -0.4 is 5.73 Å². The molecular weight excluding hydrogens is 285 g/mol. The van der Waals surface area contributed by atoms with Crippen LogP contribution in [0, 0.1) is 5.82 Å². The van der Waals surface area contributed by atoms with E-state index < -0.39 is 6.04 Å². The van der Waals surface area contributed by atoms with Crippen molar-refractivity contribution in [1.82, 2.24) is 9.80 Å². The first-order valence-electron chi connectivity index (χ1n) is 7.77. The summed E-state index contributed by atoms with van der Waals surface area (Å²) >= 11 is 0. The summed E-state index contributed by atoms with van der Waals surface area (Å²) in [6.07, 6.45) is 0.824. The predicted molar refractivity (Wildman–Crippen MR) is 80.7 cm³/mol. The molecule has 2 fully saturated rings. The van der Waals surface area contributed by atoms with Gasteiger partial charge in [0.25, 0.3) is 0 Å². The molecule has 2 saturated heterocycles. The van der Waals surface area contributed by atoms with Crippen molar-refractivity contribution in [3.8, 4) is 0 Å². The van der Waals surface area contributed by atoms with E-state index >= 15 is 0 Å². The minimum absolute atomic E-state index is 0.0143. The van der Waals surface area contributed by atoms with Gasteiger partial charge in [-0.25, -0.2) is 4.39 Å². The van der Waals surface area contributed by atoms with E-state index in [2.05, 4.69) is 4.90 Å². The molecule has 5 nitrogen and oxygen atoms in total. The van der Waals surface area contributed by atoms with Crippen molar-refractivity contribution in [2.24, 2.45) is 5.73 Å². The lowest BCUT2D eigenvalue weighted by atomic mass is 10.0. The van der Waals surface area contributed by atoms with Crippen molar-refractivity contribution in [3.63, 3.8) is 0 Å². The van der Waals surface area contributed by atoms with Gasteiger partial charge < -0.3 is 15.4 Å². The molecule has 1 amide bonds. The van der Waals surface area contributed by atoms with Crippen LogP contribution in [0.2, 0.25) is 0 Å². The molecule has 0 bridgehead atoms. The second kappa shape index (κ2) is 6.73. The highest BCUT2D eigenvalue weighted by atomic mass is 19.1. The normalized spacial score (nSPS) is 24.5. The molecule has 2 atom stereocenters. The number of halogens is 1. The Morgan fingerprint density at radius 1 is 1.32 bits per heavy atom. The van der Waals surface area contributed by atoms with Gasteiger partial charge in [0.2, 0.25) is 5.91 Å². The fraction of sp³-hybridized carbons (Fsp3) is 0.562. The van der Waals surface area contributed by atoms with Gasteiger partial charge in [0.15, 0.2) is 0 Å². The highest BCUT2D eigenvalue weighted by Gasteiger charge is 2.35. The highest BCUT2D eigenvalue weighted by Crippen LogP contribution is 2.26. The van der Waals surface area contributed by atoms with Crippen LogP contribution in [0.5, 0.6) is 0 Å². The van der Waals surface area contributed by atoms with Crippen LogP contribution in [0.15, 0.2) is 24.3 Å². The van der Waals surface area contributed by atoms with Crippen LogP contribution in [0.3, 0.4) is 0 Å². The number of benzene rings is 1. The van der Waals surface area contributed by atoms with Gasteiger partial charge in [-0.05, 0) is 24.1 Å². The standard InChI is InChI=1S/C16H22FN3O2/c17-13-3-1-2-12(10-13)15(19-6-8-22-9-7-19)16(21)20-5-4-14(18)11-20/h1-3,10,14-15H,4-9,11,18H2/t14-,15?/m1/s1. The first-order valence-corrected chi connectivity index (χ1v) is 7.77. The van der Waals surface area contributed by atoms with Crippen LogP contribution in [-0.2, 0) is 9.53 Å². The molecule has 2 heterocycles. The predicted octanol–water partition coefficient (Wildman–Crippen LogP) is 0.759. The maximum absolute atomic E-state index is 13.6. The lowest BCUT2D eigenvalue weighted by molar-refractivity contribution is -0.138. The number of ether oxygens (including phenoxy) is 1. The van der Waals surface area contributed by atoms with Gasteiger partial charge in [0.1, 0.15) is 11.9 Å². The summed E-state index contributed by atoms with van der Waals surface area (Å²) in [6.45, 7) is 3.79. The lowest BCUT2D eigenvalue weighted by Crippen LogP contribution is -2.47. The summed E-state index contributed by atoms with van der Waals surface area (Å²) in [5.74, 6) is -0.304. The van der Waals surface area contributed by atoms with Gasteiger partial charge in [-0.3, -0.25) is 9.69 Å². The Labute approximate surface area is 129 Å². The number of carbonyl (C=O) groups is 1. The van der Waals surface area contributed by atoms with Crippen LogP contribution in [0.1, 0.15) is 18.0 Å². The van der Waals surface area contributed by atoms with E-state index in [0.29, 0.717) is 45.0 Å². The average Bonchev–Trinajstić information content (AvgIpc) is 2.95. The molecule has 0 radical (unpaired) electrons. The molecule has 2 aliphatic rings. The maximum Gasteiger partial charge on any atom is 0.244 e. The number of nitrogens with zero attached hydrogens (tertiary/aromatic N) is 2. The molecule has 22 heavy (non-hydrogen) atoms. The monoisotopic (exact) mass is 307 g/mol. The second-order valence-electron chi connectivity index (χ2n) is 5.94. The molecule has 0 spiro atoms. The molecule has 120 valence electrons. The van der Waals surface area contributed by atoms with E-state index in [1.807, 2.05) is 6.07 Å². The number of hydrogen-bond donors (Lipinski definition) is 1. The summed E-state index contributed by atoms with van der Waals surface area (Å²) in [4.78, 5) is 16.8. The van der Waals surface area contributed by atoms with Crippen molar-refractivity contribution in [2.45, 2.75) is 18.5 Å². The molecule has 0 aromatic heterocycles. The van der Waals surface area contributed by atoms with Gasteiger partial charge in [-0.2, -0.15) is 0 Å². The van der Waals surface area contributed by atoms with Crippen molar-refractivity contribution < 1.29 is 13.9 Å². The first kappa shape index (κ1) is 15.4. The summed E-state index contributed by atoms with van der Waals surface area (Å²) in [5, 5.41) is 0. The third-order valence-corrected chi connectivity index (χ3v) is 4.35. The summed E-state index contributed by atoms with van der Waals surface area (Å²) in [6, 6.07) is 5.91. The number of morpholine rings is 1. The van der Waals surface area contributed by atoms with Crippen LogP contribution in [0.25, 0.3) is 0 Å². The number of hydrogen-bond acceptors (Lipinski definition) is 4. The largest absolute Gasteiger partial charge is 0.379 e. The third-order valence-electron chi connectivity index (χ3n) is 4.35. The SMILES string of the molecule is N[C@@H]1CCN(C(=O)C(c2cccc(F)c2)N2CCOCC2)C1. The summed E-state index contributed by atoms with van der Waals surface area (Å²) in [5.41, 5.74) is 6.62. The second-order valence-corrected chi connectivity index (χ2v) is 5.94. The minimum Gasteiger partial charge on any atom is -0.379 e. The van der Waals surface area contributed by atoms with Gasteiger partial charge >= 0.3 is 0 Å². The molecule has 1 aromatic carbocycles. The number of likely N-dealkylation sites (tertiary alicyclic amines) is 1. The molecule has 3 rings (SSSR count). The molecule has 0 aliphatic carbocycles. The smallest absolute Gasteiger partial charge is 0.244 e. The van der Waals surface area contributed by atoms with E-state index in [0.717, 1.165) is 6.42 Å². The first-order chi connectivity index (χ1) is 10.6. The molecule has 0 saturated carbocycles. The molecule has 6 heteroatoms. The van der Waals surface area contributed by atoms with Crippen molar-refractivity contribution >= 4 is 5.91 Å². The number of rotatable bonds is 3. The van der Waals surface area contributed by atoms with Crippen molar-refractivity contribution in [3.05, 3.63) is 35.6 Å². The van der Waals surface area contributed by atoms with Crippen LogP contribution in [-0.4, -0.2) is 61.1 Å². The Bertz CT molecular complexity index is 534. The molecular formula is C16H22FN3O2. The Morgan fingerprint density at radius 2 is 2.09 bits per heavy atom. The number of nitrogens with two attached hydrogens (primary N) is 1. The Hall–Kier alpha value is -1.50. The lowest BCUT2D eigenvalue weighted by Gasteiger charge is -2.35. The highest BCUT2D eigenvalue weighted by molar-refractivity contribution is 5.83. The van der Waals surface area contributed by atoms with Crippen LogP contribution >= 0.6 is 0 Å². The van der Waals surface area contributed by atoms with E-state index in [4.69, 9.17) is 10.5 Å². The third kappa shape index (κ3) is 3.29. The van der Waals surface area contributed by atoms with Gasteiger partial charge in [0, 0.05) is 32.2 Å². The average molecular weight is 307 g/mol. The minimum atomic E-state index is -0.454. The van der Waals surface area contributed by atoms with Crippen molar-refractivity contribution in [2.75, 3.05) is 39.4 Å². The molecule has 2 aliphatic heterocycles. The van der Waals surface area contributed by atoms with Gasteiger partial charge in [-0.1, -0.05) is 12.1 Å². The topological polar surface area (TPSA) is 58.8 Å². The molecule has 1 aromatic rings. The molecule has 1 unspecified atom stereocenters. The van der Waals surface area contributed by atoms with Gasteiger partial charge in [0.05, 0.1) is 13.2 Å². The van der Waals surface area contributed by atoms with Crippen LogP contribution in [0.4, 0.5) is 4.39 Å². The van der Waals surface area contributed by atoms with E-state index in [-0.39, 0.29) is 17.8 Å². The van der Waals surface area contributed by atoms with E-state index in [1.165, 1.54) is 12.1 Å². The number of amides is 1. The summed E-state index contributed by atoms with van der Waals surface area (Å²) < 4.78 is 19.0. The Morgan fingerprint density at radius 3 is 2.73 bits per heavy atom. The zero-order valence-corrected chi connectivity index (χ0v) is 12.6. The van der Waals surface area contributed by atoms with E-state index in [9.17, 15) is 9.18 Å². The Kier molecular flexibility index (Phi) is 4.71. The van der Waals surface area contributed by atoms with Gasteiger partial charge in [-0.15, -0.1) is 0 Å². The fourth-order valence-electron chi connectivity index (χ4n) is 3.18. The fourth-order valence-corrected chi connectivity index (χ4v) is 3.18. The molecule has 2 N–H and O–H groups in total. The quantitative estimate of drug-likeness (QED) is 0.896. The zero-order valence-electron chi connectivity index (χ0n) is 12.6. The summed E-state index contributed by atoms with van der Waals surface area (Å²) in [7, 11) is 0. The Balaban J connectivity index is 1.86. The maximum atomic E-state index is 13.6.